The highest BCUT2D eigenvalue weighted by Gasteiger charge is 2.31. The van der Waals surface area contributed by atoms with Crippen molar-refractivity contribution in [1.82, 2.24) is 15.5 Å². The van der Waals surface area contributed by atoms with Crippen LogP contribution in [0.25, 0.3) is 0 Å². The molecule has 18 heavy (non-hydrogen) atoms. The van der Waals surface area contributed by atoms with Crippen LogP contribution in [0.2, 0.25) is 0 Å². The zero-order valence-corrected chi connectivity index (χ0v) is 12.6. The van der Waals surface area contributed by atoms with E-state index in [2.05, 4.69) is 36.3 Å². The van der Waals surface area contributed by atoms with Gasteiger partial charge in [-0.05, 0) is 27.2 Å². The average molecular weight is 289 g/mol. The second-order valence-electron chi connectivity index (χ2n) is 5.74. The molecule has 2 heterocycles. The Kier molecular flexibility index (Phi) is 3.75. The van der Waals surface area contributed by atoms with E-state index in [1.54, 1.807) is 0 Å². The highest BCUT2D eigenvalue weighted by molar-refractivity contribution is 7.91. The van der Waals surface area contributed by atoms with E-state index in [0.29, 0.717) is 13.0 Å². The molecule has 0 radical (unpaired) electrons. The summed E-state index contributed by atoms with van der Waals surface area (Å²) in [7, 11) is -2.85. The predicted molar refractivity (Wildman–Crippen MR) is 72.5 cm³/mol. The van der Waals surface area contributed by atoms with Crippen LogP contribution in [0.5, 0.6) is 0 Å². The monoisotopic (exact) mass is 289 g/mol. The lowest BCUT2D eigenvalue weighted by Crippen LogP contribution is -2.35. The van der Waals surface area contributed by atoms with E-state index in [9.17, 15) is 8.42 Å². The number of nitrogens with zero attached hydrogens (tertiary/aromatic N) is 2. The van der Waals surface area contributed by atoms with Crippen molar-refractivity contribution in [3.05, 3.63) is 10.0 Å². The Balaban J connectivity index is 1.99. The van der Waals surface area contributed by atoms with Crippen molar-refractivity contribution in [2.45, 2.75) is 45.2 Å². The molecule has 1 aliphatic rings. The van der Waals surface area contributed by atoms with Crippen LogP contribution >= 0.6 is 11.3 Å². The zero-order valence-electron chi connectivity index (χ0n) is 10.9. The lowest BCUT2D eigenvalue weighted by Gasteiger charge is -2.19. The summed E-state index contributed by atoms with van der Waals surface area (Å²) in [4.78, 5) is 0. The van der Waals surface area contributed by atoms with Crippen LogP contribution in [-0.4, -0.2) is 35.7 Å². The maximum atomic E-state index is 11.4. The zero-order chi connectivity index (χ0) is 13.4. The fourth-order valence-electron chi connectivity index (χ4n) is 1.83. The Morgan fingerprint density at radius 2 is 2.11 bits per heavy atom. The van der Waals surface area contributed by atoms with Gasteiger partial charge in [0.2, 0.25) is 0 Å². The third-order valence-electron chi connectivity index (χ3n) is 2.83. The number of rotatable bonds is 3. The van der Waals surface area contributed by atoms with Crippen molar-refractivity contribution in [2.24, 2.45) is 0 Å². The topological polar surface area (TPSA) is 72.0 Å². The normalized spacial score (nSPS) is 23.4. The van der Waals surface area contributed by atoms with Gasteiger partial charge >= 0.3 is 0 Å². The lowest BCUT2D eigenvalue weighted by atomic mass is 10.1. The van der Waals surface area contributed by atoms with Gasteiger partial charge in [0.15, 0.2) is 9.84 Å². The van der Waals surface area contributed by atoms with E-state index < -0.39 is 9.84 Å². The summed E-state index contributed by atoms with van der Waals surface area (Å²) < 4.78 is 22.8. The molecule has 0 spiro atoms. The maximum Gasteiger partial charge on any atom is 0.151 e. The molecule has 1 saturated heterocycles. The molecule has 1 atom stereocenters. The van der Waals surface area contributed by atoms with E-state index in [1.807, 2.05) is 0 Å². The van der Waals surface area contributed by atoms with Crippen molar-refractivity contribution in [3.8, 4) is 0 Å². The van der Waals surface area contributed by atoms with Crippen LogP contribution in [-0.2, 0) is 16.4 Å². The van der Waals surface area contributed by atoms with Gasteiger partial charge in [0.25, 0.3) is 0 Å². The molecule has 0 aromatic carbocycles. The molecule has 1 unspecified atom stereocenters. The Morgan fingerprint density at radius 1 is 1.39 bits per heavy atom. The molecule has 0 aliphatic carbocycles. The molecule has 0 saturated carbocycles. The molecule has 1 aromatic rings. The third-order valence-corrected chi connectivity index (χ3v) is 5.69. The molecule has 1 N–H and O–H groups in total. The molecule has 0 amide bonds. The molecular formula is C11H19N3O2S2. The number of aromatic nitrogens is 2. The number of hydrogen-bond acceptors (Lipinski definition) is 6. The van der Waals surface area contributed by atoms with E-state index in [1.165, 1.54) is 11.3 Å². The van der Waals surface area contributed by atoms with Gasteiger partial charge in [-0.1, -0.05) is 11.3 Å². The van der Waals surface area contributed by atoms with E-state index in [0.717, 1.165) is 10.0 Å². The van der Waals surface area contributed by atoms with Crippen molar-refractivity contribution >= 4 is 21.2 Å². The summed E-state index contributed by atoms with van der Waals surface area (Å²) in [5.41, 5.74) is 0.0442. The van der Waals surface area contributed by atoms with Crippen LogP contribution in [0.3, 0.4) is 0 Å². The largest absolute Gasteiger partial charge is 0.306 e. The summed E-state index contributed by atoms with van der Waals surface area (Å²) in [6, 6.07) is 0. The molecular weight excluding hydrogens is 270 g/mol. The van der Waals surface area contributed by atoms with Gasteiger partial charge in [-0.3, -0.25) is 0 Å². The number of hydrogen-bond donors (Lipinski definition) is 1. The minimum absolute atomic E-state index is 0.0442. The number of nitrogens with one attached hydrogen (secondary N) is 1. The van der Waals surface area contributed by atoms with Crippen LogP contribution < -0.4 is 5.32 Å². The molecule has 7 heteroatoms. The smallest absolute Gasteiger partial charge is 0.151 e. The first-order chi connectivity index (χ1) is 8.25. The van der Waals surface area contributed by atoms with Crippen molar-refractivity contribution in [2.75, 3.05) is 11.5 Å². The van der Waals surface area contributed by atoms with Crippen molar-refractivity contribution in [1.29, 1.82) is 0 Å². The maximum absolute atomic E-state index is 11.4. The highest BCUT2D eigenvalue weighted by atomic mass is 32.2. The molecule has 1 aliphatic heterocycles. The van der Waals surface area contributed by atoms with Gasteiger partial charge in [-0.15, -0.1) is 10.2 Å². The molecule has 1 aromatic heterocycles. The second-order valence-corrected chi connectivity index (χ2v) is 9.06. The highest BCUT2D eigenvalue weighted by Crippen LogP contribution is 2.30. The van der Waals surface area contributed by atoms with Gasteiger partial charge in [0.1, 0.15) is 10.0 Å². The van der Waals surface area contributed by atoms with Gasteiger partial charge < -0.3 is 5.32 Å². The quantitative estimate of drug-likeness (QED) is 0.909. The van der Waals surface area contributed by atoms with Gasteiger partial charge in [0.05, 0.1) is 18.1 Å². The Labute approximate surface area is 112 Å². The standard InChI is InChI=1S/C11H19N3O2S2/c1-11(2,3)12-6-9-13-14-10(17-9)8-4-5-18(15,16)7-8/h8,12H,4-7H2,1-3H3. The van der Waals surface area contributed by atoms with Crippen LogP contribution in [0.4, 0.5) is 0 Å². The van der Waals surface area contributed by atoms with Gasteiger partial charge in [0, 0.05) is 11.5 Å². The second kappa shape index (κ2) is 4.86. The molecule has 102 valence electrons. The van der Waals surface area contributed by atoms with E-state index in [4.69, 9.17) is 0 Å². The lowest BCUT2D eigenvalue weighted by molar-refractivity contribution is 0.423. The third kappa shape index (κ3) is 3.73. The summed E-state index contributed by atoms with van der Waals surface area (Å²) in [5, 5.41) is 13.4. The van der Waals surface area contributed by atoms with Gasteiger partial charge in [-0.2, -0.15) is 0 Å². The predicted octanol–water partition coefficient (Wildman–Crippen LogP) is 1.33. The van der Waals surface area contributed by atoms with Crippen LogP contribution in [0.15, 0.2) is 0 Å². The summed E-state index contributed by atoms with van der Waals surface area (Å²) in [6.07, 6.45) is 0.684. The molecule has 0 bridgehead atoms. The Bertz CT molecular complexity index is 517. The fourth-order valence-corrected chi connectivity index (χ4v) is 4.60. The minimum Gasteiger partial charge on any atom is -0.306 e. The number of sulfone groups is 1. The summed E-state index contributed by atoms with van der Waals surface area (Å²) in [6.45, 7) is 6.97. The molecule has 1 fully saturated rings. The van der Waals surface area contributed by atoms with Crippen molar-refractivity contribution in [3.63, 3.8) is 0 Å². The first kappa shape index (κ1) is 13.9. The van der Waals surface area contributed by atoms with Crippen LogP contribution in [0.1, 0.15) is 43.1 Å². The van der Waals surface area contributed by atoms with Gasteiger partial charge in [-0.25, -0.2) is 8.42 Å². The summed E-state index contributed by atoms with van der Waals surface area (Å²) >= 11 is 1.52. The SMILES string of the molecule is CC(C)(C)NCc1nnc(C2CCS(=O)(=O)C2)s1. The van der Waals surface area contributed by atoms with Crippen LogP contribution in [0, 0.1) is 0 Å². The molecule has 5 nitrogen and oxygen atoms in total. The molecule has 2 rings (SSSR count). The minimum atomic E-state index is -2.85. The van der Waals surface area contributed by atoms with E-state index >= 15 is 0 Å². The first-order valence-electron chi connectivity index (χ1n) is 6.03. The average Bonchev–Trinajstić information content (AvgIpc) is 2.80. The van der Waals surface area contributed by atoms with E-state index in [-0.39, 0.29) is 23.0 Å². The Hall–Kier alpha value is -0.530. The summed E-state index contributed by atoms with van der Waals surface area (Å²) in [5.74, 6) is 0.567. The van der Waals surface area contributed by atoms with Crippen molar-refractivity contribution < 1.29 is 8.42 Å². The fraction of sp³-hybridized carbons (Fsp3) is 0.818. The first-order valence-corrected chi connectivity index (χ1v) is 8.67. The Morgan fingerprint density at radius 3 is 2.67 bits per heavy atom.